The van der Waals surface area contributed by atoms with Gasteiger partial charge in [-0.05, 0) is 30.8 Å². The average Bonchev–Trinajstić information content (AvgIpc) is 2.68. The lowest BCUT2D eigenvalue weighted by Gasteiger charge is -2.35. The van der Waals surface area contributed by atoms with Crippen LogP contribution in [0.5, 0.6) is 0 Å². The average molecular weight is 393 g/mol. The monoisotopic (exact) mass is 393 g/mol. The maximum atomic E-state index is 12.6. The van der Waals surface area contributed by atoms with Gasteiger partial charge < -0.3 is 9.80 Å². The summed E-state index contributed by atoms with van der Waals surface area (Å²) >= 11 is 0. The van der Waals surface area contributed by atoms with Crippen molar-refractivity contribution in [3.63, 3.8) is 0 Å². The number of nitrogens with zero attached hydrogens (tertiary/aromatic N) is 5. The number of alkyl halides is 3. The van der Waals surface area contributed by atoms with Gasteiger partial charge in [0.2, 0.25) is 11.9 Å². The Morgan fingerprint density at radius 1 is 1.07 bits per heavy atom. The second-order valence-electron chi connectivity index (χ2n) is 6.78. The number of amides is 1. The fraction of sp³-hybridized carbons (Fsp3) is 0.421. The molecule has 1 aliphatic heterocycles. The molecule has 0 bridgehead atoms. The van der Waals surface area contributed by atoms with Gasteiger partial charge in [0, 0.05) is 45.1 Å². The Hall–Kier alpha value is -2.68. The number of piperazine rings is 1. The number of carbonyl (C=O) groups excluding carboxylic acids is 1. The van der Waals surface area contributed by atoms with Gasteiger partial charge in [0.1, 0.15) is 0 Å². The number of likely N-dealkylation sites (N-methyl/N-ethyl adjacent to an activating group) is 1. The maximum Gasteiger partial charge on any atom is 0.416 e. The van der Waals surface area contributed by atoms with E-state index in [0.29, 0.717) is 38.7 Å². The van der Waals surface area contributed by atoms with Crippen LogP contribution in [0.25, 0.3) is 0 Å². The van der Waals surface area contributed by atoms with E-state index in [4.69, 9.17) is 0 Å². The lowest BCUT2D eigenvalue weighted by Crippen LogP contribution is -2.51. The molecular formula is C19H22F3N5O. The number of benzene rings is 1. The first-order valence-electron chi connectivity index (χ1n) is 8.97. The molecule has 0 saturated carbocycles. The van der Waals surface area contributed by atoms with E-state index in [0.717, 1.165) is 17.7 Å². The van der Waals surface area contributed by atoms with Gasteiger partial charge in [0.15, 0.2) is 0 Å². The van der Waals surface area contributed by atoms with E-state index in [1.165, 1.54) is 12.1 Å². The molecule has 2 aromatic rings. The van der Waals surface area contributed by atoms with Crippen LogP contribution in [0.3, 0.4) is 0 Å². The number of hydrogen-bond donors (Lipinski definition) is 0. The van der Waals surface area contributed by atoms with Crippen LogP contribution in [0.15, 0.2) is 42.7 Å². The molecule has 0 atom stereocenters. The summed E-state index contributed by atoms with van der Waals surface area (Å²) in [5, 5.41) is 0. The Balaban J connectivity index is 1.47. The van der Waals surface area contributed by atoms with E-state index < -0.39 is 11.7 Å². The zero-order chi connectivity index (χ0) is 20.1. The summed E-state index contributed by atoms with van der Waals surface area (Å²) in [5.74, 6) is 0.664. The largest absolute Gasteiger partial charge is 0.416 e. The van der Waals surface area contributed by atoms with Crippen molar-refractivity contribution in [1.82, 2.24) is 19.8 Å². The van der Waals surface area contributed by atoms with Crippen molar-refractivity contribution < 1.29 is 18.0 Å². The van der Waals surface area contributed by atoms with Gasteiger partial charge in [-0.1, -0.05) is 12.1 Å². The lowest BCUT2D eigenvalue weighted by atomic mass is 10.1. The quantitative estimate of drug-likeness (QED) is 0.780. The fourth-order valence-electron chi connectivity index (χ4n) is 3.11. The minimum Gasteiger partial charge on any atom is -0.338 e. The number of aromatic nitrogens is 2. The van der Waals surface area contributed by atoms with Gasteiger partial charge in [-0.25, -0.2) is 9.97 Å². The van der Waals surface area contributed by atoms with Crippen molar-refractivity contribution in [2.45, 2.75) is 12.7 Å². The molecule has 6 nitrogen and oxygen atoms in total. The van der Waals surface area contributed by atoms with Gasteiger partial charge in [-0.15, -0.1) is 0 Å². The van der Waals surface area contributed by atoms with Crippen molar-refractivity contribution in [3.05, 3.63) is 53.9 Å². The van der Waals surface area contributed by atoms with Gasteiger partial charge >= 0.3 is 6.18 Å². The van der Waals surface area contributed by atoms with Crippen molar-refractivity contribution in [3.8, 4) is 0 Å². The summed E-state index contributed by atoms with van der Waals surface area (Å²) in [6, 6.07) is 6.78. The van der Waals surface area contributed by atoms with Gasteiger partial charge in [0.25, 0.3) is 0 Å². The van der Waals surface area contributed by atoms with Gasteiger partial charge in [-0.2, -0.15) is 13.2 Å². The molecule has 2 heterocycles. The first-order valence-corrected chi connectivity index (χ1v) is 8.97. The fourth-order valence-corrected chi connectivity index (χ4v) is 3.11. The summed E-state index contributed by atoms with van der Waals surface area (Å²) < 4.78 is 37.9. The Bertz CT molecular complexity index is 774. The molecule has 1 aliphatic rings. The Morgan fingerprint density at radius 3 is 2.25 bits per heavy atom. The molecule has 1 amide bonds. The minimum absolute atomic E-state index is 0.00282. The molecule has 28 heavy (non-hydrogen) atoms. The third-order valence-corrected chi connectivity index (χ3v) is 4.61. The van der Waals surface area contributed by atoms with E-state index in [2.05, 4.69) is 9.97 Å². The van der Waals surface area contributed by atoms with Crippen LogP contribution in [-0.2, 0) is 17.5 Å². The predicted molar refractivity (Wildman–Crippen MR) is 98.6 cm³/mol. The second-order valence-corrected chi connectivity index (χ2v) is 6.78. The molecule has 9 heteroatoms. The highest BCUT2D eigenvalue weighted by atomic mass is 19.4. The first kappa shape index (κ1) is 20.1. The number of hydrogen-bond acceptors (Lipinski definition) is 5. The molecule has 150 valence electrons. The summed E-state index contributed by atoms with van der Waals surface area (Å²) in [5.41, 5.74) is 0.0598. The smallest absolute Gasteiger partial charge is 0.338 e. The molecule has 0 N–H and O–H groups in total. The Morgan fingerprint density at radius 2 is 1.68 bits per heavy atom. The third kappa shape index (κ3) is 5.19. The summed E-state index contributed by atoms with van der Waals surface area (Å²) in [7, 11) is 1.78. The molecule has 0 spiro atoms. The summed E-state index contributed by atoms with van der Waals surface area (Å²) in [4.78, 5) is 26.6. The van der Waals surface area contributed by atoms with Crippen LogP contribution in [0.2, 0.25) is 0 Å². The zero-order valence-electron chi connectivity index (χ0n) is 15.6. The summed E-state index contributed by atoms with van der Waals surface area (Å²) in [6.45, 7) is 3.12. The molecule has 0 aliphatic carbocycles. The van der Waals surface area contributed by atoms with E-state index in [1.807, 2.05) is 4.90 Å². The maximum absolute atomic E-state index is 12.6. The SMILES string of the molecule is CN(CC(=O)N1CCN(c2ncccn2)CC1)Cc1ccc(C(F)(F)F)cc1. The normalized spacial score (nSPS) is 15.2. The molecule has 1 aromatic heterocycles. The van der Waals surface area contributed by atoms with Crippen molar-refractivity contribution in [1.29, 1.82) is 0 Å². The Labute approximate surface area is 161 Å². The van der Waals surface area contributed by atoms with Crippen LogP contribution in [-0.4, -0.2) is 65.4 Å². The van der Waals surface area contributed by atoms with Crippen molar-refractivity contribution in [2.24, 2.45) is 0 Å². The number of rotatable bonds is 5. The van der Waals surface area contributed by atoms with Crippen LogP contribution in [0, 0.1) is 0 Å². The van der Waals surface area contributed by atoms with Crippen molar-refractivity contribution in [2.75, 3.05) is 44.7 Å². The van der Waals surface area contributed by atoms with E-state index in [-0.39, 0.29) is 12.5 Å². The number of anilines is 1. The highest BCUT2D eigenvalue weighted by Gasteiger charge is 2.30. The molecule has 1 aromatic carbocycles. The number of carbonyl (C=O) groups is 1. The molecule has 0 radical (unpaired) electrons. The van der Waals surface area contributed by atoms with Crippen LogP contribution in [0.4, 0.5) is 19.1 Å². The third-order valence-electron chi connectivity index (χ3n) is 4.61. The van der Waals surface area contributed by atoms with Crippen LogP contribution >= 0.6 is 0 Å². The predicted octanol–water partition coefficient (Wildman–Crippen LogP) is 2.28. The topological polar surface area (TPSA) is 52.6 Å². The molecule has 1 fully saturated rings. The van der Waals surface area contributed by atoms with E-state index in [1.54, 1.807) is 35.3 Å². The minimum atomic E-state index is -4.34. The van der Waals surface area contributed by atoms with E-state index >= 15 is 0 Å². The number of halogens is 3. The Kier molecular flexibility index (Phi) is 6.13. The highest BCUT2D eigenvalue weighted by Crippen LogP contribution is 2.29. The molecule has 3 rings (SSSR count). The van der Waals surface area contributed by atoms with E-state index in [9.17, 15) is 18.0 Å². The zero-order valence-corrected chi connectivity index (χ0v) is 15.6. The van der Waals surface area contributed by atoms with Crippen LogP contribution < -0.4 is 4.90 Å². The van der Waals surface area contributed by atoms with Gasteiger partial charge in [0.05, 0.1) is 12.1 Å². The van der Waals surface area contributed by atoms with Crippen molar-refractivity contribution >= 4 is 11.9 Å². The molecule has 0 unspecified atom stereocenters. The standard InChI is InChI=1S/C19H22F3N5O/c1-25(13-15-3-5-16(6-4-15)19(20,21)22)14-17(28)26-9-11-27(12-10-26)18-23-7-2-8-24-18/h2-8H,9-14H2,1H3. The first-order chi connectivity index (χ1) is 13.3. The molecular weight excluding hydrogens is 371 g/mol. The molecule has 1 saturated heterocycles. The second kappa shape index (κ2) is 8.55. The van der Waals surface area contributed by atoms with Gasteiger partial charge in [-0.3, -0.25) is 9.69 Å². The highest BCUT2D eigenvalue weighted by molar-refractivity contribution is 5.78. The van der Waals surface area contributed by atoms with Crippen LogP contribution in [0.1, 0.15) is 11.1 Å². The summed E-state index contributed by atoms with van der Waals surface area (Å²) in [6.07, 6.45) is -0.959. The lowest BCUT2D eigenvalue weighted by molar-refractivity contribution is -0.137.